The number of aromatic nitrogens is 4. The zero-order valence-electron chi connectivity index (χ0n) is 11.4. The van der Waals surface area contributed by atoms with Crippen molar-refractivity contribution in [2.45, 2.75) is 13.0 Å². The van der Waals surface area contributed by atoms with Gasteiger partial charge in [0.2, 0.25) is 11.8 Å². The first-order chi connectivity index (χ1) is 9.49. The summed E-state index contributed by atoms with van der Waals surface area (Å²) in [6.45, 7) is 1.77. The molecule has 0 aliphatic heterocycles. The maximum Gasteiger partial charge on any atom is 0.331 e. The molecule has 0 spiro atoms. The molecule has 2 heterocycles. The third kappa shape index (κ3) is 3.02. The number of carbonyl (C=O) groups is 1. The van der Waals surface area contributed by atoms with Crippen LogP contribution in [-0.2, 0) is 11.8 Å². The minimum absolute atomic E-state index is 0.193. The Bertz CT molecular complexity index is 625. The second-order valence-electron chi connectivity index (χ2n) is 4.24. The van der Waals surface area contributed by atoms with Crippen molar-refractivity contribution in [2.75, 3.05) is 12.4 Å². The van der Waals surface area contributed by atoms with Crippen LogP contribution in [-0.4, -0.2) is 37.9 Å². The van der Waals surface area contributed by atoms with Gasteiger partial charge in [-0.15, -0.1) is 0 Å². The lowest BCUT2D eigenvalue weighted by Gasteiger charge is -2.13. The van der Waals surface area contributed by atoms with Crippen LogP contribution in [0.25, 0.3) is 0 Å². The van der Waals surface area contributed by atoms with Crippen molar-refractivity contribution in [3.8, 4) is 5.88 Å². The quantitative estimate of drug-likeness (QED) is 0.831. The topological polar surface area (TPSA) is 102 Å². The second-order valence-corrected chi connectivity index (χ2v) is 4.24. The molecule has 0 amide bonds. The lowest BCUT2D eigenvalue weighted by Crippen LogP contribution is -2.21. The highest BCUT2D eigenvalue weighted by Crippen LogP contribution is 2.19. The Morgan fingerprint density at radius 2 is 2.25 bits per heavy atom. The van der Waals surface area contributed by atoms with Gasteiger partial charge in [0.25, 0.3) is 0 Å². The Hall–Kier alpha value is -2.64. The lowest BCUT2D eigenvalue weighted by molar-refractivity contribution is -0.138. The van der Waals surface area contributed by atoms with Crippen LogP contribution in [0.3, 0.4) is 0 Å². The normalized spacial score (nSPS) is 11.9. The molecule has 2 N–H and O–H groups in total. The van der Waals surface area contributed by atoms with Gasteiger partial charge in [0.1, 0.15) is 0 Å². The zero-order chi connectivity index (χ0) is 14.7. The molecule has 0 aromatic carbocycles. The summed E-state index contributed by atoms with van der Waals surface area (Å²) in [4.78, 5) is 19.6. The van der Waals surface area contributed by atoms with Gasteiger partial charge in [0.15, 0.2) is 6.04 Å². The summed E-state index contributed by atoms with van der Waals surface area (Å²) < 4.78 is 6.56. The highest BCUT2D eigenvalue weighted by molar-refractivity contribution is 5.78. The molecule has 8 nitrogen and oxygen atoms in total. The first-order valence-electron chi connectivity index (χ1n) is 5.87. The van der Waals surface area contributed by atoms with Gasteiger partial charge in [0.05, 0.1) is 13.3 Å². The molecular formula is C12H15N5O3. The van der Waals surface area contributed by atoms with E-state index in [9.17, 15) is 9.90 Å². The van der Waals surface area contributed by atoms with E-state index in [-0.39, 0.29) is 5.95 Å². The smallest absolute Gasteiger partial charge is 0.331 e. The van der Waals surface area contributed by atoms with Gasteiger partial charge < -0.3 is 15.2 Å². The number of hydrogen-bond acceptors (Lipinski definition) is 6. The fourth-order valence-electron chi connectivity index (χ4n) is 1.71. The molecule has 0 bridgehead atoms. The number of rotatable bonds is 5. The highest BCUT2D eigenvalue weighted by Gasteiger charge is 2.22. The number of hydrogen-bond donors (Lipinski definition) is 2. The standard InChI is InChI=1S/C12H15N5O3/c1-7-4-9(20-3)15-12(14-7)16-10(11(18)19)8-5-13-17(2)6-8/h4-6,10H,1-3H3,(H,18,19)(H,14,15,16). The summed E-state index contributed by atoms with van der Waals surface area (Å²) in [5.41, 5.74) is 1.19. The van der Waals surface area contributed by atoms with Crippen molar-refractivity contribution in [1.82, 2.24) is 19.7 Å². The van der Waals surface area contributed by atoms with Crippen molar-refractivity contribution in [1.29, 1.82) is 0 Å². The maximum absolute atomic E-state index is 11.4. The average Bonchev–Trinajstić information content (AvgIpc) is 2.81. The van der Waals surface area contributed by atoms with Crippen LogP contribution in [0.5, 0.6) is 5.88 Å². The van der Waals surface area contributed by atoms with E-state index in [1.54, 1.807) is 26.2 Å². The molecule has 1 atom stereocenters. The summed E-state index contributed by atoms with van der Waals surface area (Å²) in [6.07, 6.45) is 3.11. The number of nitrogens with zero attached hydrogens (tertiary/aromatic N) is 4. The average molecular weight is 277 g/mol. The molecule has 0 saturated carbocycles. The van der Waals surface area contributed by atoms with Gasteiger partial charge in [-0.05, 0) is 6.92 Å². The number of aliphatic carboxylic acids is 1. The highest BCUT2D eigenvalue weighted by atomic mass is 16.5. The van der Waals surface area contributed by atoms with Crippen molar-refractivity contribution in [3.05, 3.63) is 29.7 Å². The molecule has 1 unspecified atom stereocenters. The molecule has 0 fully saturated rings. The van der Waals surface area contributed by atoms with Crippen LogP contribution in [0.4, 0.5) is 5.95 Å². The molecule has 0 radical (unpaired) electrons. The predicted molar refractivity (Wildman–Crippen MR) is 70.5 cm³/mol. The number of carboxylic acid groups (broad SMARTS) is 1. The van der Waals surface area contributed by atoms with Crippen LogP contribution >= 0.6 is 0 Å². The van der Waals surface area contributed by atoms with E-state index in [1.807, 2.05) is 0 Å². The number of anilines is 1. The third-order valence-corrected chi connectivity index (χ3v) is 2.62. The molecule has 20 heavy (non-hydrogen) atoms. The Labute approximate surface area is 115 Å². The van der Waals surface area contributed by atoms with E-state index in [0.717, 1.165) is 0 Å². The number of aryl methyl sites for hydroxylation is 2. The van der Waals surface area contributed by atoms with E-state index in [4.69, 9.17) is 4.74 Å². The molecule has 2 rings (SSSR count). The van der Waals surface area contributed by atoms with Crippen molar-refractivity contribution in [3.63, 3.8) is 0 Å². The Balaban J connectivity index is 2.29. The zero-order valence-corrected chi connectivity index (χ0v) is 11.4. The van der Waals surface area contributed by atoms with Gasteiger partial charge in [-0.1, -0.05) is 0 Å². The predicted octanol–water partition coefficient (Wildman–Crippen LogP) is 0.765. The molecule has 0 aliphatic rings. The van der Waals surface area contributed by atoms with E-state index in [1.165, 1.54) is 18.0 Å². The number of methoxy groups -OCH3 is 1. The van der Waals surface area contributed by atoms with Crippen LogP contribution in [0.15, 0.2) is 18.5 Å². The molecule has 106 valence electrons. The summed E-state index contributed by atoms with van der Waals surface area (Å²) >= 11 is 0. The summed E-state index contributed by atoms with van der Waals surface area (Å²) in [6, 6.07) is 0.681. The second kappa shape index (κ2) is 5.55. The minimum Gasteiger partial charge on any atom is -0.481 e. The van der Waals surface area contributed by atoms with Crippen LogP contribution in [0.2, 0.25) is 0 Å². The van der Waals surface area contributed by atoms with Crippen LogP contribution in [0.1, 0.15) is 17.3 Å². The van der Waals surface area contributed by atoms with Crippen molar-refractivity contribution in [2.24, 2.45) is 7.05 Å². The van der Waals surface area contributed by atoms with E-state index < -0.39 is 12.0 Å². The van der Waals surface area contributed by atoms with E-state index in [0.29, 0.717) is 17.1 Å². The molecule has 2 aromatic rings. The van der Waals surface area contributed by atoms with Gasteiger partial charge >= 0.3 is 5.97 Å². The summed E-state index contributed by atoms with van der Waals surface area (Å²) in [5, 5.41) is 16.0. The molecule has 8 heteroatoms. The first kappa shape index (κ1) is 13.8. The maximum atomic E-state index is 11.4. The van der Waals surface area contributed by atoms with Crippen LogP contribution < -0.4 is 10.1 Å². The molecule has 0 saturated heterocycles. The van der Waals surface area contributed by atoms with Crippen molar-refractivity contribution < 1.29 is 14.6 Å². The minimum atomic E-state index is -1.04. The fourth-order valence-corrected chi connectivity index (χ4v) is 1.71. The number of ether oxygens (including phenoxy) is 1. The van der Waals surface area contributed by atoms with E-state index in [2.05, 4.69) is 20.4 Å². The Kier molecular flexibility index (Phi) is 3.83. The number of carboxylic acids is 1. The largest absolute Gasteiger partial charge is 0.481 e. The Morgan fingerprint density at radius 3 is 2.80 bits per heavy atom. The SMILES string of the molecule is COc1cc(C)nc(NC(C(=O)O)c2cnn(C)c2)n1. The monoisotopic (exact) mass is 277 g/mol. The first-order valence-corrected chi connectivity index (χ1v) is 5.87. The van der Waals surface area contributed by atoms with Crippen LogP contribution in [0, 0.1) is 6.92 Å². The number of nitrogens with one attached hydrogen (secondary N) is 1. The molecule has 0 aliphatic carbocycles. The summed E-state index contributed by atoms with van der Waals surface area (Å²) in [7, 11) is 3.20. The van der Waals surface area contributed by atoms with Gasteiger partial charge in [-0.3, -0.25) is 4.68 Å². The van der Waals surface area contributed by atoms with Crippen molar-refractivity contribution >= 4 is 11.9 Å². The summed E-state index contributed by atoms with van der Waals surface area (Å²) in [5.74, 6) is -0.476. The molecular weight excluding hydrogens is 262 g/mol. The van der Waals surface area contributed by atoms with Gasteiger partial charge in [-0.2, -0.15) is 10.1 Å². The lowest BCUT2D eigenvalue weighted by atomic mass is 10.1. The Morgan fingerprint density at radius 1 is 1.50 bits per heavy atom. The fraction of sp³-hybridized carbons (Fsp3) is 0.333. The third-order valence-electron chi connectivity index (χ3n) is 2.62. The molecule has 2 aromatic heterocycles. The van der Waals surface area contributed by atoms with Gasteiger partial charge in [0, 0.05) is 30.6 Å². The van der Waals surface area contributed by atoms with Gasteiger partial charge in [-0.25, -0.2) is 9.78 Å². The van der Waals surface area contributed by atoms with E-state index >= 15 is 0 Å².